The van der Waals surface area contributed by atoms with E-state index in [1.54, 1.807) is 18.2 Å². The van der Waals surface area contributed by atoms with Crippen LogP contribution in [0.1, 0.15) is 17.4 Å². The summed E-state index contributed by atoms with van der Waals surface area (Å²) in [6.45, 7) is 0. The molecular weight excluding hydrogens is 349 g/mol. The van der Waals surface area contributed by atoms with Gasteiger partial charge in [0.15, 0.2) is 17.5 Å². The Morgan fingerprint density at radius 3 is 2.52 bits per heavy atom. The van der Waals surface area contributed by atoms with E-state index in [1.807, 2.05) is 0 Å². The summed E-state index contributed by atoms with van der Waals surface area (Å²) in [5, 5.41) is 10.8. The average Bonchev–Trinajstić information content (AvgIpc) is 2.90. The summed E-state index contributed by atoms with van der Waals surface area (Å²) >= 11 is 3.29. The van der Waals surface area contributed by atoms with E-state index in [9.17, 15) is 18.3 Å². The Kier molecular flexibility index (Phi) is 3.51. The zero-order chi connectivity index (χ0) is 15.1. The SMILES string of the molecule is OC(c1cc2cccc(Br)c2o1)c1ccc(F)c(F)c1F. The van der Waals surface area contributed by atoms with E-state index in [1.165, 1.54) is 6.07 Å². The van der Waals surface area contributed by atoms with Gasteiger partial charge in [-0.3, -0.25) is 0 Å². The summed E-state index contributed by atoms with van der Waals surface area (Å²) < 4.78 is 46.0. The van der Waals surface area contributed by atoms with Crippen molar-refractivity contribution in [2.75, 3.05) is 0 Å². The third-order valence-corrected chi connectivity index (χ3v) is 3.77. The number of para-hydroxylation sites is 1. The molecule has 21 heavy (non-hydrogen) atoms. The zero-order valence-electron chi connectivity index (χ0n) is 10.4. The van der Waals surface area contributed by atoms with Gasteiger partial charge in [0, 0.05) is 10.9 Å². The van der Waals surface area contributed by atoms with Crippen LogP contribution in [0.5, 0.6) is 0 Å². The van der Waals surface area contributed by atoms with E-state index in [2.05, 4.69) is 15.9 Å². The lowest BCUT2D eigenvalue weighted by Gasteiger charge is -2.09. The molecule has 6 heteroatoms. The molecule has 0 saturated heterocycles. The molecule has 1 atom stereocenters. The number of aliphatic hydroxyl groups excluding tert-OH is 1. The maximum atomic E-state index is 13.7. The molecule has 3 rings (SSSR count). The van der Waals surface area contributed by atoms with Gasteiger partial charge in [-0.2, -0.15) is 0 Å². The zero-order valence-corrected chi connectivity index (χ0v) is 12.0. The predicted octanol–water partition coefficient (Wildman–Crippen LogP) is 4.69. The van der Waals surface area contributed by atoms with E-state index >= 15 is 0 Å². The van der Waals surface area contributed by atoms with Crippen LogP contribution in [0.25, 0.3) is 11.0 Å². The van der Waals surface area contributed by atoms with Crippen LogP contribution >= 0.6 is 15.9 Å². The predicted molar refractivity (Wildman–Crippen MR) is 74.3 cm³/mol. The lowest BCUT2D eigenvalue weighted by molar-refractivity contribution is 0.185. The highest BCUT2D eigenvalue weighted by Crippen LogP contribution is 2.33. The Bertz CT molecular complexity index is 829. The first-order valence-corrected chi connectivity index (χ1v) is 6.77. The van der Waals surface area contributed by atoms with Gasteiger partial charge in [-0.25, -0.2) is 13.2 Å². The molecular formula is C15H8BrF3O2. The van der Waals surface area contributed by atoms with Crippen molar-refractivity contribution in [2.24, 2.45) is 0 Å². The van der Waals surface area contributed by atoms with Crippen molar-refractivity contribution in [3.63, 3.8) is 0 Å². The Morgan fingerprint density at radius 2 is 1.81 bits per heavy atom. The molecule has 1 N–H and O–H groups in total. The standard InChI is InChI=1S/C15H8BrF3O2/c16-9-3-1-2-7-6-11(21-15(7)9)14(20)8-4-5-10(17)13(19)12(8)18/h1-6,14,20H. The molecule has 2 aromatic carbocycles. The average molecular weight is 357 g/mol. The van der Waals surface area contributed by atoms with E-state index < -0.39 is 23.6 Å². The van der Waals surface area contributed by atoms with Gasteiger partial charge < -0.3 is 9.52 Å². The molecule has 2 nitrogen and oxygen atoms in total. The number of hydrogen-bond donors (Lipinski definition) is 1. The highest BCUT2D eigenvalue weighted by atomic mass is 79.9. The van der Waals surface area contributed by atoms with Gasteiger partial charge in [0.2, 0.25) is 0 Å². The Labute approximate surface area is 125 Å². The maximum absolute atomic E-state index is 13.7. The van der Waals surface area contributed by atoms with E-state index in [4.69, 9.17) is 4.42 Å². The number of halogens is 4. The minimum absolute atomic E-state index is 0.0433. The number of fused-ring (bicyclic) bond motifs is 1. The van der Waals surface area contributed by atoms with Gasteiger partial charge >= 0.3 is 0 Å². The molecule has 0 aliphatic carbocycles. The lowest BCUT2D eigenvalue weighted by atomic mass is 10.1. The summed E-state index contributed by atoms with van der Waals surface area (Å²) in [5.41, 5.74) is 0.0959. The Morgan fingerprint density at radius 1 is 1.05 bits per heavy atom. The van der Waals surface area contributed by atoms with Crippen LogP contribution in [0.15, 0.2) is 45.3 Å². The first-order chi connectivity index (χ1) is 9.99. The summed E-state index contributed by atoms with van der Waals surface area (Å²) in [6, 6.07) is 8.54. The monoisotopic (exact) mass is 356 g/mol. The summed E-state index contributed by atoms with van der Waals surface area (Å²) in [7, 11) is 0. The molecule has 3 aromatic rings. The molecule has 0 bridgehead atoms. The number of aliphatic hydroxyl groups is 1. The van der Waals surface area contributed by atoms with Gasteiger partial charge in [-0.15, -0.1) is 0 Å². The second kappa shape index (κ2) is 5.20. The van der Waals surface area contributed by atoms with Gasteiger partial charge in [-0.1, -0.05) is 12.1 Å². The van der Waals surface area contributed by atoms with Gasteiger partial charge in [0.25, 0.3) is 0 Å². The fourth-order valence-corrected chi connectivity index (χ4v) is 2.55. The van der Waals surface area contributed by atoms with Crippen LogP contribution < -0.4 is 0 Å². The summed E-state index contributed by atoms with van der Waals surface area (Å²) in [5.74, 6) is -4.32. The highest BCUT2D eigenvalue weighted by Gasteiger charge is 2.23. The smallest absolute Gasteiger partial charge is 0.194 e. The second-order valence-corrected chi connectivity index (χ2v) is 5.33. The third kappa shape index (κ3) is 2.34. The van der Waals surface area contributed by atoms with Crippen LogP contribution in [-0.2, 0) is 0 Å². The molecule has 0 fully saturated rings. The molecule has 0 saturated carbocycles. The van der Waals surface area contributed by atoms with Crippen molar-refractivity contribution >= 4 is 26.9 Å². The second-order valence-electron chi connectivity index (χ2n) is 4.47. The van der Waals surface area contributed by atoms with Crippen LogP contribution in [0.2, 0.25) is 0 Å². The van der Waals surface area contributed by atoms with Crippen LogP contribution in [-0.4, -0.2) is 5.11 Å². The fraction of sp³-hybridized carbons (Fsp3) is 0.0667. The molecule has 0 spiro atoms. The molecule has 0 aliphatic heterocycles. The van der Waals surface area contributed by atoms with Crippen molar-refractivity contribution in [3.05, 3.63) is 69.6 Å². The Balaban J connectivity index is 2.10. The fourth-order valence-electron chi connectivity index (χ4n) is 2.09. The highest BCUT2D eigenvalue weighted by molar-refractivity contribution is 9.10. The minimum Gasteiger partial charge on any atom is -0.457 e. The molecule has 108 valence electrons. The van der Waals surface area contributed by atoms with Crippen LogP contribution in [0.4, 0.5) is 13.2 Å². The van der Waals surface area contributed by atoms with Crippen molar-refractivity contribution < 1.29 is 22.7 Å². The largest absolute Gasteiger partial charge is 0.457 e. The third-order valence-electron chi connectivity index (χ3n) is 3.14. The minimum atomic E-state index is -1.62. The van der Waals surface area contributed by atoms with Crippen molar-refractivity contribution in [1.29, 1.82) is 0 Å². The normalized spacial score (nSPS) is 12.8. The van der Waals surface area contributed by atoms with E-state index in [0.717, 1.165) is 12.1 Å². The molecule has 0 radical (unpaired) electrons. The molecule has 0 amide bonds. The van der Waals surface area contributed by atoms with E-state index in [-0.39, 0.29) is 11.3 Å². The van der Waals surface area contributed by atoms with Crippen molar-refractivity contribution in [1.82, 2.24) is 0 Å². The summed E-state index contributed by atoms with van der Waals surface area (Å²) in [6.07, 6.45) is -1.53. The number of furan rings is 1. The quantitative estimate of drug-likeness (QED) is 0.675. The first kappa shape index (κ1) is 14.2. The maximum Gasteiger partial charge on any atom is 0.194 e. The number of rotatable bonds is 2. The topological polar surface area (TPSA) is 33.4 Å². The number of hydrogen-bond acceptors (Lipinski definition) is 2. The van der Waals surface area contributed by atoms with E-state index in [0.29, 0.717) is 15.4 Å². The van der Waals surface area contributed by atoms with Crippen molar-refractivity contribution in [3.8, 4) is 0 Å². The number of benzene rings is 2. The molecule has 1 heterocycles. The lowest BCUT2D eigenvalue weighted by Crippen LogP contribution is -2.04. The molecule has 1 unspecified atom stereocenters. The van der Waals surface area contributed by atoms with Gasteiger partial charge in [0.05, 0.1) is 4.47 Å². The van der Waals surface area contributed by atoms with Crippen LogP contribution in [0, 0.1) is 17.5 Å². The van der Waals surface area contributed by atoms with Crippen molar-refractivity contribution in [2.45, 2.75) is 6.10 Å². The first-order valence-electron chi connectivity index (χ1n) is 5.98. The van der Waals surface area contributed by atoms with Gasteiger partial charge in [0.1, 0.15) is 17.4 Å². The summed E-state index contributed by atoms with van der Waals surface area (Å²) in [4.78, 5) is 0. The molecule has 0 aliphatic rings. The Hall–Kier alpha value is -1.79. The van der Waals surface area contributed by atoms with Crippen LogP contribution in [0.3, 0.4) is 0 Å². The molecule has 1 aromatic heterocycles. The van der Waals surface area contributed by atoms with Gasteiger partial charge in [-0.05, 0) is 40.2 Å².